The molecule has 1 fully saturated rings. The summed E-state index contributed by atoms with van der Waals surface area (Å²) < 4.78 is 5.76. The first-order valence-electron chi connectivity index (χ1n) is 8.02. The number of nitrogens with one attached hydrogen (secondary N) is 1. The minimum absolute atomic E-state index is 0.128. The number of nitrogens with zero attached hydrogens (tertiary/aromatic N) is 1. The molecular formula is C17H29N3O. The van der Waals surface area contributed by atoms with E-state index in [0.717, 1.165) is 11.3 Å². The van der Waals surface area contributed by atoms with Crippen molar-refractivity contribution < 1.29 is 4.74 Å². The van der Waals surface area contributed by atoms with Crippen molar-refractivity contribution >= 4 is 0 Å². The van der Waals surface area contributed by atoms with Gasteiger partial charge in [0.15, 0.2) is 0 Å². The van der Waals surface area contributed by atoms with Gasteiger partial charge in [0, 0.05) is 6.20 Å². The Labute approximate surface area is 128 Å². The van der Waals surface area contributed by atoms with Crippen LogP contribution in [-0.2, 0) is 0 Å². The Balaban J connectivity index is 2.24. The van der Waals surface area contributed by atoms with E-state index in [1.807, 2.05) is 20.0 Å². The molecule has 2 rings (SSSR count). The molecule has 3 N–H and O–H groups in total. The predicted molar refractivity (Wildman–Crippen MR) is 85.8 cm³/mol. The predicted octanol–water partition coefficient (Wildman–Crippen LogP) is 3.59. The maximum absolute atomic E-state index is 5.89. The van der Waals surface area contributed by atoms with Gasteiger partial charge in [-0.3, -0.25) is 16.3 Å². The fourth-order valence-electron chi connectivity index (χ4n) is 3.53. The van der Waals surface area contributed by atoms with Crippen molar-refractivity contribution in [2.75, 3.05) is 0 Å². The lowest BCUT2D eigenvalue weighted by Crippen LogP contribution is -2.41. The molecule has 1 heterocycles. The summed E-state index contributed by atoms with van der Waals surface area (Å²) in [6.45, 7) is 8.75. The Hall–Kier alpha value is -1.13. The summed E-state index contributed by atoms with van der Waals surface area (Å²) in [7, 11) is 0. The van der Waals surface area contributed by atoms with Crippen LogP contribution in [0, 0.1) is 11.3 Å². The van der Waals surface area contributed by atoms with E-state index < -0.39 is 0 Å². The van der Waals surface area contributed by atoms with Crippen molar-refractivity contribution in [1.82, 2.24) is 10.4 Å². The van der Waals surface area contributed by atoms with Crippen molar-refractivity contribution in [3.05, 3.63) is 24.0 Å². The van der Waals surface area contributed by atoms with Crippen molar-refractivity contribution in [1.29, 1.82) is 0 Å². The molecule has 4 nitrogen and oxygen atoms in total. The number of rotatable bonds is 5. The van der Waals surface area contributed by atoms with Crippen LogP contribution in [0.5, 0.6) is 5.75 Å². The molecule has 21 heavy (non-hydrogen) atoms. The first kappa shape index (κ1) is 16.2. The molecule has 0 saturated heterocycles. The van der Waals surface area contributed by atoms with E-state index in [4.69, 9.17) is 10.6 Å². The third-order valence-corrected chi connectivity index (χ3v) is 4.64. The second-order valence-corrected chi connectivity index (χ2v) is 7.11. The maximum atomic E-state index is 5.89. The van der Waals surface area contributed by atoms with Gasteiger partial charge in [-0.1, -0.05) is 26.7 Å². The van der Waals surface area contributed by atoms with Gasteiger partial charge in [0.05, 0.1) is 18.3 Å². The van der Waals surface area contributed by atoms with Crippen molar-refractivity contribution in [3.8, 4) is 5.75 Å². The molecule has 1 aromatic heterocycles. The third kappa shape index (κ3) is 3.95. The average Bonchev–Trinajstić information content (AvgIpc) is 2.41. The number of nitrogens with two attached hydrogens (primary N) is 1. The normalized spacial score (nSPS) is 23.0. The molecule has 2 atom stereocenters. The lowest BCUT2D eigenvalue weighted by molar-refractivity contribution is 0.0979. The van der Waals surface area contributed by atoms with Gasteiger partial charge in [-0.15, -0.1) is 0 Å². The highest BCUT2D eigenvalue weighted by molar-refractivity contribution is 5.27. The molecule has 1 aromatic rings. The molecule has 0 aliphatic heterocycles. The van der Waals surface area contributed by atoms with Crippen LogP contribution in [0.25, 0.3) is 0 Å². The van der Waals surface area contributed by atoms with Crippen molar-refractivity contribution in [2.45, 2.75) is 65.5 Å². The number of hydrogen-bond acceptors (Lipinski definition) is 4. The number of hydrogen-bond donors (Lipinski definition) is 2. The quantitative estimate of drug-likeness (QED) is 0.643. The van der Waals surface area contributed by atoms with Gasteiger partial charge in [-0.05, 0) is 49.7 Å². The van der Waals surface area contributed by atoms with Crippen molar-refractivity contribution in [2.24, 2.45) is 17.2 Å². The standard InChI is InChI=1S/C17H29N3O/c1-12(2)21-14-9-13(10-19-11-14)16(20-18)15-7-5-6-8-17(15,3)4/h9-12,15-16,20H,5-8,18H2,1-4H3. The van der Waals surface area contributed by atoms with Gasteiger partial charge in [-0.25, -0.2) is 0 Å². The second-order valence-electron chi connectivity index (χ2n) is 7.11. The zero-order valence-electron chi connectivity index (χ0n) is 13.7. The Morgan fingerprint density at radius 3 is 2.71 bits per heavy atom. The summed E-state index contributed by atoms with van der Waals surface area (Å²) in [5.74, 6) is 7.23. The SMILES string of the molecule is CC(C)Oc1cncc(C(NN)C2CCCCC2(C)C)c1. The van der Waals surface area contributed by atoms with Gasteiger partial charge < -0.3 is 4.74 Å². The van der Waals surface area contributed by atoms with E-state index in [-0.39, 0.29) is 12.1 Å². The molecule has 0 aromatic carbocycles. The fraction of sp³-hybridized carbons (Fsp3) is 0.706. The van der Waals surface area contributed by atoms with Gasteiger partial charge >= 0.3 is 0 Å². The lowest BCUT2D eigenvalue weighted by Gasteiger charge is -2.43. The highest BCUT2D eigenvalue weighted by Crippen LogP contribution is 2.46. The summed E-state index contributed by atoms with van der Waals surface area (Å²) in [5.41, 5.74) is 4.45. The first-order chi connectivity index (χ1) is 9.94. The number of hydrazine groups is 1. The molecule has 1 aliphatic rings. The van der Waals surface area contributed by atoms with Crippen LogP contribution in [0.1, 0.15) is 65.0 Å². The third-order valence-electron chi connectivity index (χ3n) is 4.64. The Bertz CT molecular complexity index is 459. The zero-order chi connectivity index (χ0) is 15.5. The highest BCUT2D eigenvalue weighted by atomic mass is 16.5. The van der Waals surface area contributed by atoms with Gasteiger partial charge in [-0.2, -0.15) is 0 Å². The van der Waals surface area contributed by atoms with Crippen LogP contribution >= 0.6 is 0 Å². The van der Waals surface area contributed by atoms with Crippen LogP contribution in [0.4, 0.5) is 0 Å². The van der Waals surface area contributed by atoms with Crippen LogP contribution in [0.15, 0.2) is 18.5 Å². The summed E-state index contributed by atoms with van der Waals surface area (Å²) in [6, 6.07) is 2.20. The maximum Gasteiger partial charge on any atom is 0.138 e. The van der Waals surface area contributed by atoms with Gasteiger partial charge in [0.2, 0.25) is 0 Å². The minimum Gasteiger partial charge on any atom is -0.489 e. The summed E-state index contributed by atoms with van der Waals surface area (Å²) >= 11 is 0. The molecule has 4 heteroatoms. The molecule has 0 radical (unpaired) electrons. The molecular weight excluding hydrogens is 262 g/mol. The van der Waals surface area contributed by atoms with E-state index in [9.17, 15) is 0 Å². The molecule has 1 saturated carbocycles. The zero-order valence-corrected chi connectivity index (χ0v) is 13.7. The van der Waals surface area contributed by atoms with E-state index in [1.165, 1.54) is 25.7 Å². The average molecular weight is 291 g/mol. The number of pyridine rings is 1. The largest absolute Gasteiger partial charge is 0.489 e. The Morgan fingerprint density at radius 1 is 1.33 bits per heavy atom. The smallest absolute Gasteiger partial charge is 0.138 e. The number of ether oxygens (including phenoxy) is 1. The Morgan fingerprint density at radius 2 is 2.10 bits per heavy atom. The molecule has 0 bridgehead atoms. The molecule has 0 amide bonds. The monoisotopic (exact) mass is 291 g/mol. The van der Waals surface area contributed by atoms with E-state index >= 15 is 0 Å². The van der Waals surface area contributed by atoms with E-state index in [1.54, 1.807) is 6.20 Å². The van der Waals surface area contributed by atoms with Crippen LogP contribution in [0.3, 0.4) is 0 Å². The molecule has 2 unspecified atom stereocenters. The van der Waals surface area contributed by atoms with Crippen molar-refractivity contribution in [3.63, 3.8) is 0 Å². The summed E-state index contributed by atoms with van der Waals surface area (Å²) in [5, 5.41) is 0. The lowest BCUT2D eigenvalue weighted by atomic mass is 9.65. The van der Waals surface area contributed by atoms with Crippen LogP contribution in [0.2, 0.25) is 0 Å². The van der Waals surface area contributed by atoms with Gasteiger partial charge in [0.1, 0.15) is 5.75 Å². The Kier molecular flexibility index (Phi) is 5.22. The van der Waals surface area contributed by atoms with E-state index in [0.29, 0.717) is 11.3 Å². The highest BCUT2D eigenvalue weighted by Gasteiger charge is 2.38. The minimum atomic E-state index is 0.128. The van der Waals surface area contributed by atoms with E-state index in [2.05, 4.69) is 30.3 Å². The fourth-order valence-corrected chi connectivity index (χ4v) is 3.53. The van der Waals surface area contributed by atoms with Crippen LogP contribution in [-0.4, -0.2) is 11.1 Å². The molecule has 0 spiro atoms. The van der Waals surface area contributed by atoms with Gasteiger partial charge in [0.25, 0.3) is 0 Å². The molecule has 118 valence electrons. The summed E-state index contributed by atoms with van der Waals surface area (Å²) in [4.78, 5) is 4.33. The second kappa shape index (κ2) is 6.75. The van der Waals surface area contributed by atoms with Crippen LogP contribution < -0.4 is 16.0 Å². The first-order valence-corrected chi connectivity index (χ1v) is 8.02. The number of aromatic nitrogens is 1. The summed E-state index contributed by atoms with van der Waals surface area (Å²) in [6.07, 6.45) is 8.88. The topological polar surface area (TPSA) is 60.2 Å². The molecule has 1 aliphatic carbocycles.